The molecule has 1 amide bonds. The third kappa shape index (κ3) is 2.94. The highest BCUT2D eigenvalue weighted by Gasteiger charge is 2.47. The van der Waals surface area contributed by atoms with Crippen LogP contribution in [0.25, 0.3) is 0 Å². The van der Waals surface area contributed by atoms with Gasteiger partial charge >= 0.3 is 12.1 Å². The van der Waals surface area contributed by atoms with E-state index in [1.54, 1.807) is 26.8 Å². The maximum absolute atomic E-state index is 11.8. The predicted octanol–water partition coefficient (Wildman–Crippen LogP) is 1.88. The Morgan fingerprint density at radius 3 is 2.40 bits per heavy atom. The predicted molar refractivity (Wildman–Crippen MR) is 73.0 cm³/mol. The Hall–Kier alpha value is -1.60. The summed E-state index contributed by atoms with van der Waals surface area (Å²) in [7, 11) is 0. The zero-order chi connectivity index (χ0) is 15.1. The van der Waals surface area contributed by atoms with Gasteiger partial charge in [-0.25, -0.2) is 9.59 Å². The van der Waals surface area contributed by atoms with E-state index in [1.807, 2.05) is 0 Å². The van der Waals surface area contributed by atoms with Gasteiger partial charge in [0.05, 0.1) is 13.1 Å². The number of β-amino-alcohol motifs (C(OH)–C–C–N with tert-alkyl or cyclic N) is 1. The molecule has 0 bridgehead atoms. The van der Waals surface area contributed by atoms with E-state index in [0.717, 1.165) is 11.3 Å². The molecule has 0 atom stereocenters. The number of amides is 1. The normalized spacial score (nSPS) is 17.5. The molecule has 7 heteroatoms. The summed E-state index contributed by atoms with van der Waals surface area (Å²) < 4.78 is 5.20. The van der Waals surface area contributed by atoms with Crippen LogP contribution in [0.5, 0.6) is 0 Å². The van der Waals surface area contributed by atoms with Gasteiger partial charge in [-0.15, -0.1) is 11.3 Å². The van der Waals surface area contributed by atoms with Gasteiger partial charge in [-0.2, -0.15) is 0 Å². The first-order valence-electron chi connectivity index (χ1n) is 6.15. The Labute approximate surface area is 120 Å². The summed E-state index contributed by atoms with van der Waals surface area (Å²) in [5.41, 5.74) is -1.75. The average molecular weight is 299 g/mol. The van der Waals surface area contributed by atoms with E-state index in [4.69, 9.17) is 9.84 Å². The van der Waals surface area contributed by atoms with Crippen LogP contribution in [0.2, 0.25) is 0 Å². The summed E-state index contributed by atoms with van der Waals surface area (Å²) in [6.07, 6.45) is -0.475. The van der Waals surface area contributed by atoms with E-state index in [1.165, 1.54) is 11.0 Å². The molecule has 0 aliphatic carbocycles. The van der Waals surface area contributed by atoms with Crippen molar-refractivity contribution in [3.8, 4) is 0 Å². The molecule has 2 N–H and O–H groups in total. The van der Waals surface area contributed by atoms with Gasteiger partial charge in [0.1, 0.15) is 16.1 Å². The molecule has 1 aliphatic heterocycles. The minimum Gasteiger partial charge on any atom is -0.477 e. The second-order valence-electron chi connectivity index (χ2n) is 5.84. The molecule has 110 valence electrons. The van der Waals surface area contributed by atoms with Crippen LogP contribution in [-0.2, 0) is 10.3 Å². The van der Waals surface area contributed by atoms with Crippen LogP contribution < -0.4 is 0 Å². The van der Waals surface area contributed by atoms with E-state index in [0.29, 0.717) is 4.88 Å². The number of likely N-dealkylation sites (tertiary alicyclic amines) is 1. The molecule has 1 fully saturated rings. The van der Waals surface area contributed by atoms with Crippen LogP contribution >= 0.6 is 11.3 Å². The molecule has 1 aliphatic rings. The van der Waals surface area contributed by atoms with Gasteiger partial charge in [-0.1, -0.05) is 0 Å². The van der Waals surface area contributed by atoms with Crippen molar-refractivity contribution in [2.75, 3.05) is 13.1 Å². The number of carboxylic acids is 1. The number of nitrogens with zero attached hydrogens (tertiary/aromatic N) is 1. The van der Waals surface area contributed by atoms with Crippen LogP contribution in [-0.4, -0.2) is 45.9 Å². The van der Waals surface area contributed by atoms with Gasteiger partial charge in [0, 0.05) is 4.88 Å². The van der Waals surface area contributed by atoms with E-state index < -0.39 is 23.3 Å². The van der Waals surface area contributed by atoms with Crippen LogP contribution in [0.3, 0.4) is 0 Å². The van der Waals surface area contributed by atoms with Gasteiger partial charge < -0.3 is 19.8 Å². The monoisotopic (exact) mass is 299 g/mol. The lowest BCUT2D eigenvalue weighted by Crippen LogP contribution is -2.61. The van der Waals surface area contributed by atoms with Crippen molar-refractivity contribution in [1.29, 1.82) is 0 Å². The lowest BCUT2D eigenvalue weighted by molar-refractivity contribution is -0.101. The summed E-state index contributed by atoms with van der Waals surface area (Å²) in [5, 5.41) is 19.2. The Morgan fingerprint density at radius 1 is 1.35 bits per heavy atom. The fourth-order valence-corrected chi connectivity index (χ4v) is 2.82. The van der Waals surface area contributed by atoms with Crippen LogP contribution in [0, 0.1) is 0 Å². The van der Waals surface area contributed by atoms with Crippen molar-refractivity contribution in [1.82, 2.24) is 4.90 Å². The number of rotatable bonds is 2. The quantitative estimate of drug-likeness (QED) is 0.870. The topological polar surface area (TPSA) is 87.1 Å². The lowest BCUT2D eigenvalue weighted by Gasteiger charge is -2.45. The number of hydrogen-bond donors (Lipinski definition) is 2. The third-order valence-electron chi connectivity index (χ3n) is 2.83. The van der Waals surface area contributed by atoms with E-state index in [2.05, 4.69) is 0 Å². The summed E-state index contributed by atoms with van der Waals surface area (Å²) in [6.45, 7) is 5.54. The number of carbonyl (C=O) groups is 2. The number of thiophene rings is 1. The first-order chi connectivity index (χ1) is 9.11. The summed E-state index contributed by atoms with van der Waals surface area (Å²) in [5.74, 6) is -1.02. The van der Waals surface area contributed by atoms with E-state index in [-0.39, 0.29) is 18.0 Å². The minimum atomic E-state index is -1.17. The number of aliphatic hydroxyl groups is 1. The zero-order valence-electron chi connectivity index (χ0n) is 11.5. The second kappa shape index (κ2) is 4.75. The van der Waals surface area contributed by atoms with Gasteiger partial charge in [0.25, 0.3) is 0 Å². The number of carboxylic acid groups (broad SMARTS) is 1. The molecule has 6 nitrogen and oxygen atoms in total. The molecule has 1 saturated heterocycles. The van der Waals surface area contributed by atoms with Crippen molar-refractivity contribution < 1.29 is 24.5 Å². The van der Waals surface area contributed by atoms with Crippen molar-refractivity contribution in [3.63, 3.8) is 0 Å². The Balaban J connectivity index is 1.99. The van der Waals surface area contributed by atoms with Crippen molar-refractivity contribution in [2.24, 2.45) is 0 Å². The number of carbonyl (C=O) groups excluding carboxylic acids is 1. The summed E-state index contributed by atoms with van der Waals surface area (Å²) >= 11 is 1.02. The van der Waals surface area contributed by atoms with Gasteiger partial charge in [0.2, 0.25) is 0 Å². The van der Waals surface area contributed by atoms with Crippen molar-refractivity contribution in [2.45, 2.75) is 32.0 Å². The van der Waals surface area contributed by atoms with Crippen LogP contribution in [0.15, 0.2) is 12.1 Å². The van der Waals surface area contributed by atoms with Crippen molar-refractivity contribution in [3.05, 3.63) is 21.9 Å². The summed E-state index contributed by atoms with van der Waals surface area (Å²) in [4.78, 5) is 24.7. The highest BCUT2D eigenvalue weighted by molar-refractivity contribution is 7.14. The second-order valence-corrected chi connectivity index (χ2v) is 6.92. The van der Waals surface area contributed by atoms with E-state index in [9.17, 15) is 14.7 Å². The maximum Gasteiger partial charge on any atom is 0.410 e. The first kappa shape index (κ1) is 14.8. The molecule has 2 rings (SSSR count). The molecular formula is C13H17NO5S. The smallest absolute Gasteiger partial charge is 0.410 e. The summed E-state index contributed by atoms with van der Waals surface area (Å²) in [6, 6.07) is 3.04. The van der Waals surface area contributed by atoms with E-state index >= 15 is 0 Å². The first-order valence-corrected chi connectivity index (χ1v) is 6.96. The number of hydrogen-bond acceptors (Lipinski definition) is 5. The molecule has 0 unspecified atom stereocenters. The molecule has 0 radical (unpaired) electrons. The highest BCUT2D eigenvalue weighted by atomic mass is 32.1. The number of ether oxygens (including phenoxy) is 1. The Kier molecular flexibility index (Phi) is 3.51. The molecule has 20 heavy (non-hydrogen) atoms. The molecular weight excluding hydrogens is 282 g/mol. The van der Waals surface area contributed by atoms with Crippen LogP contribution in [0.4, 0.5) is 4.79 Å². The third-order valence-corrected chi connectivity index (χ3v) is 4.10. The standard InChI is InChI=1S/C13H17NO5S/c1-12(2,3)19-11(17)14-6-13(18,7-14)9-5-4-8(20-9)10(15)16/h4-5,18H,6-7H2,1-3H3,(H,15,16). The molecule has 2 heterocycles. The van der Waals surface area contributed by atoms with Gasteiger partial charge in [-0.05, 0) is 32.9 Å². The lowest BCUT2D eigenvalue weighted by atomic mass is 9.93. The van der Waals surface area contributed by atoms with Gasteiger partial charge in [-0.3, -0.25) is 0 Å². The number of aromatic carboxylic acids is 1. The molecule has 1 aromatic heterocycles. The maximum atomic E-state index is 11.8. The van der Waals surface area contributed by atoms with Gasteiger partial charge in [0.15, 0.2) is 0 Å². The molecule has 0 spiro atoms. The largest absolute Gasteiger partial charge is 0.477 e. The fraction of sp³-hybridized carbons (Fsp3) is 0.538. The highest BCUT2D eigenvalue weighted by Crippen LogP contribution is 2.36. The fourth-order valence-electron chi connectivity index (χ4n) is 1.90. The SMILES string of the molecule is CC(C)(C)OC(=O)N1CC(O)(c2ccc(C(=O)O)s2)C1. The Morgan fingerprint density at radius 2 is 1.95 bits per heavy atom. The minimum absolute atomic E-state index is 0.113. The average Bonchev–Trinajstić information content (AvgIpc) is 2.71. The molecule has 0 aromatic carbocycles. The van der Waals surface area contributed by atoms with Crippen LogP contribution in [0.1, 0.15) is 35.3 Å². The molecule has 1 aromatic rings. The molecule has 0 saturated carbocycles. The van der Waals surface area contributed by atoms with Crippen molar-refractivity contribution >= 4 is 23.4 Å². The Bertz CT molecular complexity index is 539. The zero-order valence-corrected chi connectivity index (χ0v) is 12.4.